The Morgan fingerprint density at radius 1 is 0.864 bits per heavy atom. The van der Waals surface area contributed by atoms with Crippen molar-refractivity contribution in [2.45, 2.75) is 32.6 Å². The molecular formula is C44H52N6O8S. The number of rotatable bonds is 14. The zero-order valence-corrected chi connectivity index (χ0v) is 35.4. The van der Waals surface area contributed by atoms with Crippen molar-refractivity contribution in [2.75, 3.05) is 82.3 Å². The first-order valence-electron chi connectivity index (χ1n) is 19.3. The van der Waals surface area contributed by atoms with E-state index >= 15 is 0 Å². The Morgan fingerprint density at radius 2 is 1.58 bits per heavy atom. The Balaban J connectivity index is 1.16. The number of morpholine rings is 1. The van der Waals surface area contributed by atoms with Gasteiger partial charge in [-0.25, -0.2) is 13.2 Å². The van der Waals surface area contributed by atoms with Crippen molar-refractivity contribution in [3.63, 3.8) is 0 Å². The van der Waals surface area contributed by atoms with Crippen LogP contribution in [0.5, 0.6) is 23.0 Å². The van der Waals surface area contributed by atoms with Crippen molar-refractivity contribution in [1.82, 2.24) is 14.8 Å². The third-order valence-corrected chi connectivity index (χ3v) is 10.5. The standard InChI is InChI=1S/C44H52N6O8S/c1-44(2,3)30-26-37(41(56-6)38(27-30)48-59(7,53)54)47-43(52)46-36-14-15-39(34-11-9-8-10-33(34)36)58-32-16-17-45-31(28-32)24-29-12-13-35(40(25-29)55-5)42(51)49(4)18-19-50-20-22-57-23-21-50/h8-17,25-28,48H,18-24H2,1-7H3,(H2,46,47,52). The lowest BCUT2D eigenvalue weighted by molar-refractivity contribution is 0.0338. The van der Waals surface area contributed by atoms with E-state index in [2.05, 4.69) is 25.2 Å². The van der Waals surface area contributed by atoms with Crippen LogP contribution in [0.25, 0.3) is 10.8 Å². The van der Waals surface area contributed by atoms with Gasteiger partial charge in [-0.05, 0) is 59.0 Å². The number of nitrogens with zero attached hydrogens (tertiary/aromatic N) is 3. The smallest absolute Gasteiger partial charge is 0.323 e. The number of benzene rings is 4. The second-order valence-electron chi connectivity index (χ2n) is 15.4. The summed E-state index contributed by atoms with van der Waals surface area (Å²) in [6.07, 6.45) is 3.22. The molecule has 0 unspecified atom stereocenters. The maximum atomic E-state index is 13.5. The first kappa shape index (κ1) is 42.7. The summed E-state index contributed by atoms with van der Waals surface area (Å²) in [5, 5.41) is 7.28. The summed E-state index contributed by atoms with van der Waals surface area (Å²) < 4.78 is 49.9. The third kappa shape index (κ3) is 11.0. The van der Waals surface area contributed by atoms with Crippen molar-refractivity contribution in [3.05, 3.63) is 107 Å². The number of carbonyl (C=O) groups is 2. The highest BCUT2D eigenvalue weighted by molar-refractivity contribution is 7.92. The highest BCUT2D eigenvalue weighted by atomic mass is 32.2. The van der Waals surface area contributed by atoms with Gasteiger partial charge in [0.2, 0.25) is 10.0 Å². The van der Waals surface area contributed by atoms with Gasteiger partial charge < -0.3 is 34.5 Å². The number of carbonyl (C=O) groups excluding carboxylic acids is 2. The topological polar surface area (TPSA) is 161 Å². The largest absolute Gasteiger partial charge is 0.496 e. The van der Waals surface area contributed by atoms with Gasteiger partial charge in [0.05, 0.1) is 56.3 Å². The van der Waals surface area contributed by atoms with Crippen LogP contribution in [0.1, 0.15) is 48.0 Å². The van der Waals surface area contributed by atoms with E-state index in [1.165, 1.54) is 7.11 Å². The number of sulfonamides is 1. The van der Waals surface area contributed by atoms with Crippen LogP contribution in [0, 0.1) is 0 Å². The van der Waals surface area contributed by atoms with Crippen LogP contribution in [-0.2, 0) is 26.6 Å². The number of nitrogens with one attached hydrogen (secondary N) is 3. The molecular weight excluding hydrogens is 773 g/mol. The predicted octanol–water partition coefficient (Wildman–Crippen LogP) is 7.35. The lowest BCUT2D eigenvalue weighted by Gasteiger charge is -2.28. The van der Waals surface area contributed by atoms with Crippen molar-refractivity contribution in [1.29, 1.82) is 0 Å². The van der Waals surface area contributed by atoms with Crippen LogP contribution < -0.4 is 29.6 Å². The number of hydrogen-bond acceptors (Lipinski definition) is 10. The fourth-order valence-electron chi connectivity index (χ4n) is 6.79. The number of ether oxygens (including phenoxy) is 4. The van der Waals surface area contributed by atoms with E-state index in [1.54, 1.807) is 61.7 Å². The van der Waals surface area contributed by atoms with E-state index in [-0.39, 0.29) is 22.8 Å². The van der Waals surface area contributed by atoms with E-state index in [4.69, 9.17) is 18.9 Å². The molecule has 59 heavy (non-hydrogen) atoms. The normalized spacial score (nSPS) is 13.4. The summed E-state index contributed by atoms with van der Waals surface area (Å²) in [5.41, 5.74) is 3.64. The minimum Gasteiger partial charge on any atom is -0.496 e. The first-order valence-corrected chi connectivity index (χ1v) is 21.2. The molecule has 0 radical (unpaired) electrons. The monoisotopic (exact) mass is 824 g/mol. The average Bonchev–Trinajstić information content (AvgIpc) is 3.20. The molecule has 0 atom stereocenters. The fraction of sp³-hybridized carbons (Fsp3) is 0.341. The molecule has 1 saturated heterocycles. The summed E-state index contributed by atoms with van der Waals surface area (Å²) >= 11 is 0. The van der Waals surface area contributed by atoms with Gasteiger partial charge in [0.15, 0.2) is 5.75 Å². The minimum atomic E-state index is -3.64. The van der Waals surface area contributed by atoms with Crippen molar-refractivity contribution < 1.29 is 37.0 Å². The number of likely N-dealkylation sites (N-methyl/N-ethyl adjacent to an activating group) is 1. The summed E-state index contributed by atoms with van der Waals surface area (Å²) in [6.45, 7) is 10.5. The molecule has 1 aliphatic rings. The van der Waals surface area contributed by atoms with Gasteiger partial charge in [0.25, 0.3) is 5.91 Å². The molecule has 6 rings (SSSR count). The Kier molecular flexibility index (Phi) is 13.3. The molecule has 3 amide bonds. The number of amides is 3. The summed E-state index contributed by atoms with van der Waals surface area (Å²) in [5.74, 6) is 1.71. The SMILES string of the molecule is COc1cc(Cc2cc(Oc3ccc(NC(=O)Nc4cc(C(C)(C)C)cc(NS(C)(=O)=O)c4OC)c4ccccc34)ccn2)ccc1C(=O)N(C)CCN1CCOCC1. The van der Waals surface area contributed by atoms with E-state index < -0.39 is 16.1 Å². The Labute approximate surface area is 345 Å². The van der Waals surface area contributed by atoms with Gasteiger partial charge in [-0.1, -0.05) is 51.1 Å². The van der Waals surface area contributed by atoms with Crippen LogP contribution in [-0.4, -0.2) is 102 Å². The van der Waals surface area contributed by atoms with Crippen LogP contribution in [0.4, 0.5) is 21.9 Å². The van der Waals surface area contributed by atoms with Gasteiger partial charge in [0, 0.05) is 68.4 Å². The van der Waals surface area contributed by atoms with E-state index in [9.17, 15) is 18.0 Å². The lowest BCUT2D eigenvalue weighted by Crippen LogP contribution is -2.42. The molecule has 15 heteroatoms. The number of aromatic nitrogens is 1. The molecule has 312 valence electrons. The molecule has 14 nitrogen and oxygen atoms in total. The summed E-state index contributed by atoms with van der Waals surface area (Å²) in [4.78, 5) is 35.5. The second-order valence-corrected chi connectivity index (χ2v) is 17.2. The fourth-order valence-corrected chi connectivity index (χ4v) is 7.34. The predicted molar refractivity (Wildman–Crippen MR) is 231 cm³/mol. The van der Waals surface area contributed by atoms with Gasteiger partial charge in [-0.3, -0.25) is 19.4 Å². The Hall–Kier alpha value is -5.90. The van der Waals surface area contributed by atoms with Crippen LogP contribution in [0.2, 0.25) is 0 Å². The molecule has 2 heterocycles. The Morgan fingerprint density at radius 3 is 2.27 bits per heavy atom. The highest BCUT2D eigenvalue weighted by Gasteiger charge is 2.23. The maximum absolute atomic E-state index is 13.5. The van der Waals surface area contributed by atoms with Crippen molar-refractivity contribution in [3.8, 4) is 23.0 Å². The first-order chi connectivity index (χ1) is 28.1. The highest BCUT2D eigenvalue weighted by Crippen LogP contribution is 2.40. The number of pyridine rings is 1. The summed E-state index contributed by atoms with van der Waals surface area (Å²) in [6, 6.07) is 23.2. The van der Waals surface area contributed by atoms with Gasteiger partial charge in [-0.2, -0.15) is 0 Å². The molecule has 0 spiro atoms. The van der Waals surface area contributed by atoms with E-state index in [0.717, 1.165) is 53.5 Å². The quantitative estimate of drug-likeness (QED) is 0.103. The second kappa shape index (κ2) is 18.4. The molecule has 5 aromatic rings. The Bertz CT molecular complexity index is 2430. The molecule has 1 aliphatic heterocycles. The molecule has 4 aromatic carbocycles. The van der Waals surface area contributed by atoms with E-state index in [1.807, 2.05) is 63.2 Å². The van der Waals surface area contributed by atoms with Gasteiger partial charge in [0.1, 0.15) is 17.2 Å². The van der Waals surface area contributed by atoms with Gasteiger partial charge >= 0.3 is 6.03 Å². The minimum absolute atomic E-state index is 0.103. The molecule has 3 N–H and O–H groups in total. The number of fused-ring (bicyclic) bond motifs is 1. The lowest BCUT2D eigenvalue weighted by atomic mass is 9.86. The van der Waals surface area contributed by atoms with Crippen LogP contribution >= 0.6 is 0 Å². The molecule has 0 saturated carbocycles. The molecule has 1 aromatic heterocycles. The van der Waals surface area contributed by atoms with E-state index in [0.29, 0.717) is 60.4 Å². The van der Waals surface area contributed by atoms with Crippen molar-refractivity contribution >= 4 is 49.8 Å². The molecule has 0 aliphatic carbocycles. The zero-order valence-electron chi connectivity index (χ0n) is 34.5. The maximum Gasteiger partial charge on any atom is 0.323 e. The number of anilines is 3. The van der Waals surface area contributed by atoms with Gasteiger partial charge in [-0.15, -0.1) is 0 Å². The number of hydrogen-bond donors (Lipinski definition) is 3. The number of urea groups is 1. The molecule has 1 fully saturated rings. The average molecular weight is 825 g/mol. The third-order valence-electron chi connectivity index (χ3n) is 9.93. The van der Waals surface area contributed by atoms with Crippen LogP contribution in [0.15, 0.2) is 85.1 Å². The van der Waals surface area contributed by atoms with Crippen LogP contribution in [0.3, 0.4) is 0 Å². The van der Waals surface area contributed by atoms with Crippen molar-refractivity contribution in [2.24, 2.45) is 0 Å². The number of methoxy groups -OCH3 is 2. The summed E-state index contributed by atoms with van der Waals surface area (Å²) in [7, 11) is 1.14. The zero-order chi connectivity index (χ0) is 42.3. The molecule has 0 bridgehead atoms.